The maximum atomic E-state index is 4.68. The molecular formula is C15H21N3S. The summed E-state index contributed by atoms with van der Waals surface area (Å²) >= 11 is 1.91. The van der Waals surface area contributed by atoms with E-state index in [1.54, 1.807) is 0 Å². The number of hydrogen-bond donors (Lipinski definition) is 2. The van der Waals surface area contributed by atoms with Crippen LogP contribution in [-0.2, 0) is 0 Å². The lowest BCUT2D eigenvalue weighted by atomic mass is 9.95. The van der Waals surface area contributed by atoms with Gasteiger partial charge in [0.2, 0.25) is 0 Å². The second kappa shape index (κ2) is 5.97. The average Bonchev–Trinajstić information content (AvgIpc) is 2.83. The van der Waals surface area contributed by atoms with Crippen molar-refractivity contribution in [3.63, 3.8) is 0 Å². The fraction of sp³-hybridized carbons (Fsp3) is 0.533. The van der Waals surface area contributed by atoms with Crippen LogP contribution in [0.1, 0.15) is 32.6 Å². The van der Waals surface area contributed by atoms with Gasteiger partial charge < -0.3 is 10.3 Å². The largest absolute Gasteiger partial charge is 0.333 e. The first-order chi connectivity index (χ1) is 9.36. The molecule has 0 bridgehead atoms. The molecule has 4 heteroatoms. The Balaban J connectivity index is 1.75. The third-order valence-electron chi connectivity index (χ3n) is 3.80. The Hall–Kier alpha value is -1.00. The third kappa shape index (κ3) is 2.95. The SMILES string of the molecule is CCNC1CCCCC1Sc1nc2ccccc2[nH]1. The average molecular weight is 275 g/mol. The van der Waals surface area contributed by atoms with Crippen LogP contribution in [-0.4, -0.2) is 27.8 Å². The molecule has 102 valence electrons. The maximum absolute atomic E-state index is 4.68. The van der Waals surface area contributed by atoms with Crippen molar-refractivity contribution in [3.8, 4) is 0 Å². The molecule has 0 spiro atoms. The molecule has 0 amide bonds. The van der Waals surface area contributed by atoms with E-state index in [0.717, 1.165) is 22.7 Å². The van der Waals surface area contributed by atoms with Gasteiger partial charge in [-0.15, -0.1) is 0 Å². The molecular weight excluding hydrogens is 254 g/mol. The fourth-order valence-electron chi connectivity index (χ4n) is 2.86. The van der Waals surface area contributed by atoms with Crippen LogP contribution in [0, 0.1) is 0 Å². The summed E-state index contributed by atoms with van der Waals surface area (Å²) in [6, 6.07) is 8.89. The summed E-state index contributed by atoms with van der Waals surface area (Å²) in [5, 5.41) is 5.34. The molecule has 1 fully saturated rings. The van der Waals surface area contributed by atoms with Gasteiger partial charge in [0.05, 0.1) is 11.0 Å². The molecule has 0 aliphatic heterocycles. The van der Waals surface area contributed by atoms with E-state index in [4.69, 9.17) is 0 Å². The van der Waals surface area contributed by atoms with Gasteiger partial charge in [-0.1, -0.05) is 43.7 Å². The molecule has 1 heterocycles. The normalized spacial score (nSPS) is 23.8. The molecule has 2 unspecified atom stereocenters. The van der Waals surface area contributed by atoms with Crippen molar-refractivity contribution in [1.29, 1.82) is 0 Å². The van der Waals surface area contributed by atoms with Crippen LogP contribution < -0.4 is 5.32 Å². The quantitative estimate of drug-likeness (QED) is 0.896. The number of nitrogens with one attached hydrogen (secondary N) is 2. The van der Waals surface area contributed by atoms with Crippen molar-refractivity contribution < 1.29 is 0 Å². The minimum atomic E-state index is 0.636. The Labute approximate surface area is 118 Å². The zero-order valence-corrected chi connectivity index (χ0v) is 12.2. The molecule has 2 atom stereocenters. The molecule has 2 N–H and O–H groups in total. The number of imidazole rings is 1. The van der Waals surface area contributed by atoms with Crippen LogP contribution in [0.2, 0.25) is 0 Å². The highest BCUT2D eigenvalue weighted by Gasteiger charge is 2.26. The number of aromatic amines is 1. The zero-order valence-electron chi connectivity index (χ0n) is 11.4. The standard InChI is InChI=1S/C15H21N3S/c1-2-16-13-9-5-6-10-14(13)19-15-17-11-7-3-4-8-12(11)18-15/h3-4,7-8,13-14,16H,2,5-6,9-10H2,1H3,(H,17,18). The number of para-hydroxylation sites is 2. The summed E-state index contributed by atoms with van der Waals surface area (Å²) in [5.41, 5.74) is 2.21. The van der Waals surface area contributed by atoms with E-state index >= 15 is 0 Å². The van der Waals surface area contributed by atoms with Crippen molar-refractivity contribution in [1.82, 2.24) is 15.3 Å². The van der Waals surface area contributed by atoms with Gasteiger partial charge in [-0.2, -0.15) is 0 Å². The molecule has 19 heavy (non-hydrogen) atoms. The van der Waals surface area contributed by atoms with Crippen LogP contribution >= 0.6 is 11.8 Å². The maximum Gasteiger partial charge on any atom is 0.166 e. The molecule has 1 aromatic heterocycles. The summed E-state index contributed by atoms with van der Waals surface area (Å²) in [6.07, 6.45) is 5.29. The number of H-pyrrole nitrogens is 1. The highest BCUT2D eigenvalue weighted by molar-refractivity contribution is 7.99. The van der Waals surface area contributed by atoms with Gasteiger partial charge in [-0.25, -0.2) is 4.98 Å². The van der Waals surface area contributed by atoms with Crippen LogP contribution in [0.25, 0.3) is 11.0 Å². The van der Waals surface area contributed by atoms with Gasteiger partial charge >= 0.3 is 0 Å². The molecule has 1 saturated carbocycles. The lowest BCUT2D eigenvalue weighted by Gasteiger charge is -2.30. The molecule has 1 aliphatic carbocycles. The second-order valence-corrected chi connectivity index (χ2v) is 6.39. The number of nitrogens with zero attached hydrogens (tertiary/aromatic N) is 1. The predicted octanol–water partition coefficient (Wildman–Crippen LogP) is 3.58. The summed E-state index contributed by atoms with van der Waals surface area (Å²) in [5.74, 6) is 0. The summed E-state index contributed by atoms with van der Waals surface area (Å²) < 4.78 is 0. The number of hydrogen-bond acceptors (Lipinski definition) is 3. The number of aromatic nitrogens is 2. The van der Waals surface area contributed by atoms with E-state index in [0.29, 0.717) is 11.3 Å². The van der Waals surface area contributed by atoms with Gasteiger partial charge in [0.1, 0.15) is 0 Å². The highest BCUT2D eigenvalue weighted by Crippen LogP contribution is 2.33. The van der Waals surface area contributed by atoms with Crippen molar-refractivity contribution in [2.24, 2.45) is 0 Å². The summed E-state index contributed by atoms with van der Waals surface area (Å²) in [4.78, 5) is 8.11. The predicted molar refractivity (Wildman–Crippen MR) is 81.7 cm³/mol. The van der Waals surface area contributed by atoms with E-state index in [9.17, 15) is 0 Å². The highest BCUT2D eigenvalue weighted by atomic mass is 32.2. The minimum Gasteiger partial charge on any atom is -0.333 e. The van der Waals surface area contributed by atoms with Gasteiger partial charge in [0.25, 0.3) is 0 Å². The summed E-state index contributed by atoms with van der Waals surface area (Å²) in [7, 11) is 0. The van der Waals surface area contributed by atoms with Gasteiger partial charge in [0, 0.05) is 11.3 Å². The Morgan fingerprint density at radius 2 is 2.16 bits per heavy atom. The Morgan fingerprint density at radius 3 is 3.00 bits per heavy atom. The zero-order chi connectivity index (χ0) is 13.1. The Bertz CT molecular complexity index is 502. The van der Waals surface area contributed by atoms with E-state index < -0.39 is 0 Å². The first-order valence-corrected chi connectivity index (χ1v) is 8.09. The second-order valence-electron chi connectivity index (χ2n) is 5.16. The lowest BCUT2D eigenvalue weighted by Crippen LogP contribution is -2.40. The van der Waals surface area contributed by atoms with Crippen LogP contribution in [0.5, 0.6) is 0 Å². The molecule has 0 saturated heterocycles. The molecule has 2 aromatic rings. The van der Waals surface area contributed by atoms with Crippen LogP contribution in [0.3, 0.4) is 0 Å². The number of benzene rings is 1. The van der Waals surface area contributed by atoms with E-state index in [2.05, 4.69) is 40.4 Å². The molecule has 1 aromatic carbocycles. The minimum absolute atomic E-state index is 0.636. The Morgan fingerprint density at radius 1 is 1.32 bits per heavy atom. The van der Waals surface area contributed by atoms with Crippen molar-refractivity contribution >= 4 is 22.8 Å². The van der Waals surface area contributed by atoms with E-state index in [-0.39, 0.29) is 0 Å². The number of rotatable bonds is 4. The molecule has 3 rings (SSSR count). The van der Waals surface area contributed by atoms with Gasteiger partial charge in [-0.3, -0.25) is 0 Å². The van der Waals surface area contributed by atoms with E-state index in [1.807, 2.05) is 17.8 Å². The van der Waals surface area contributed by atoms with Gasteiger partial charge in [-0.05, 0) is 31.5 Å². The lowest BCUT2D eigenvalue weighted by molar-refractivity contribution is 0.390. The van der Waals surface area contributed by atoms with Crippen molar-refractivity contribution in [2.45, 2.75) is 49.1 Å². The topological polar surface area (TPSA) is 40.7 Å². The fourth-order valence-corrected chi connectivity index (χ4v) is 4.15. The number of fused-ring (bicyclic) bond motifs is 1. The monoisotopic (exact) mass is 275 g/mol. The van der Waals surface area contributed by atoms with Gasteiger partial charge in [0.15, 0.2) is 5.16 Å². The smallest absolute Gasteiger partial charge is 0.166 e. The third-order valence-corrected chi connectivity index (χ3v) is 5.08. The van der Waals surface area contributed by atoms with Crippen LogP contribution in [0.4, 0.5) is 0 Å². The first-order valence-electron chi connectivity index (χ1n) is 7.21. The molecule has 1 aliphatic rings. The van der Waals surface area contributed by atoms with Crippen LogP contribution in [0.15, 0.2) is 29.4 Å². The number of thioether (sulfide) groups is 1. The Kier molecular flexibility index (Phi) is 4.09. The van der Waals surface area contributed by atoms with Crippen molar-refractivity contribution in [3.05, 3.63) is 24.3 Å². The molecule has 0 radical (unpaired) electrons. The first kappa shape index (κ1) is 13.0. The molecule has 3 nitrogen and oxygen atoms in total. The van der Waals surface area contributed by atoms with Crippen molar-refractivity contribution in [2.75, 3.05) is 6.54 Å². The summed E-state index contributed by atoms with van der Waals surface area (Å²) in [6.45, 7) is 3.25. The van der Waals surface area contributed by atoms with E-state index in [1.165, 1.54) is 25.7 Å².